The van der Waals surface area contributed by atoms with E-state index < -0.39 is 28.9 Å². The first-order valence-electron chi connectivity index (χ1n) is 5.95. The molecule has 1 atom stereocenters. The van der Waals surface area contributed by atoms with Gasteiger partial charge in [-0.2, -0.15) is 0 Å². The molecular weight excluding hydrogens is 254 g/mol. The number of nitrogens with zero attached hydrogens (tertiary/aromatic N) is 1. The summed E-state index contributed by atoms with van der Waals surface area (Å²) in [5.74, 6) is -3.45. The van der Waals surface area contributed by atoms with Crippen molar-refractivity contribution in [3.05, 3.63) is 29.3 Å². The number of halogens is 2. The fraction of sp³-hybridized carbons (Fsp3) is 0.462. The molecule has 0 aliphatic heterocycles. The standard InChI is InChI=1S/C13H18F2N2O2/c1-8(4-5-17(2)3)16-13(19)12-10(15)6-9(14)7-11(12)18/h6-8,18H,4-5H2,1-3H3,(H,16,19). The van der Waals surface area contributed by atoms with Gasteiger partial charge in [-0.25, -0.2) is 8.78 Å². The van der Waals surface area contributed by atoms with Crippen molar-refractivity contribution in [3.63, 3.8) is 0 Å². The van der Waals surface area contributed by atoms with Gasteiger partial charge in [-0.05, 0) is 34.0 Å². The molecule has 1 amide bonds. The Hall–Kier alpha value is -1.69. The number of carbonyl (C=O) groups is 1. The van der Waals surface area contributed by atoms with Gasteiger partial charge in [0.25, 0.3) is 5.91 Å². The van der Waals surface area contributed by atoms with Crippen LogP contribution in [-0.4, -0.2) is 42.6 Å². The van der Waals surface area contributed by atoms with E-state index in [0.717, 1.165) is 6.54 Å². The van der Waals surface area contributed by atoms with Gasteiger partial charge < -0.3 is 15.3 Å². The van der Waals surface area contributed by atoms with E-state index in [4.69, 9.17) is 0 Å². The summed E-state index contributed by atoms with van der Waals surface area (Å²) in [6.45, 7) is 2.54. The maximum atomic E-state index is 13.5. The van der Waals surface area contributed by atoms with Crippen molar-refractivity contribution in [2.45, 2.75) is 19.4 Å². The number of amides is 1. The topological polar surface area (TPSA) is 52.6 Å². The van der Waals surface area contributed by atoms with Crippen molar-refractivity contribution in [1.29, 1.82) is 0 Å². The number of nitrogens with one attached hydrogen (secondary N) is 1. The van der Waals surface area contributed by atoms with Gasteiger partial charge in [-0.15, -0.1) is 0 Å². The highest BCUT2D eigenvalue weighted by atomic mass is 19.1. The van der Waals surface area contributed by atoms with E-state index in [-0.39, 0.29) is 6.04 Å². The Morgan fingerprint density at radius 1 is 1.42 bits per heavy atom. The molecule has 19 heavy (non-hydrogen) atoms. The first-order chi connectivity index (χ1) is 8.81. The normalized spacial score (nSPS) is 12.5. The van der Waals surface area contributed by atoms with Gasteiger partial charge in [0.15, 0.2) is 0 Å². The molecule has 1 aromatic rings. The van der Waals surface area contributed by atoms with Crippen molar-refractivity contribution in [1.82, 2.24) is 10.2 Å². The molecule has 0 heterocycles. The number of carbonyl (C=O) groups excluding carboxylic acids is 1. The maximum absolute atomic E-state index is 13.5. The molecule has 0 bridgehead atoms. The van der Waals surface area contributed by atoms with Crippen LogP contribution in [-0.2, 0) is 0 Å². The van der Waals surface area contributed by atoms with Crippen LogP contribution in [0.25, 0.3) is 0 Å². The summed E-state index contributed by atoms with van der Waals surface area (Å²) in [4.78, 5) is 13.8. The Morgan fingerprint density at radius 2 is 2.05 bits per heavy atom. The molecule has 106 valence electrons. The van der Waals surface area contributed by atoms with Gasteiger partial charge in [0.05, 0.1) is 0 Å². The molecule has 0 radical (unpaired) electrons. The van der Waals surface area contributed by atoms with Crippen molar-refractivity contribution < 1.29 is 18.7 Å². The zero-order valence-electron chi connectivity index (χ0n) is 11.2. The van der Waals surface area contributed by atoms with E-state index in [9.17, 15) is 18.7 Å². The number of aromatic hydroxyl groups is 1. The molecule has 1 rings (SSSR count). The summed E-state index contributed by atoms with van der Waals surface area (Å²) < 4.78 is 26.3. The lowest BCUT2D eigenvalue weighted by atomic mass is 10.1. The fourth-order valence-corrected chi connectivity index (χ4v) is 1.60. The maximum Gasteiger partial charge on any atom is 0.258 e. The van der Waals surface area contributed by atoms with Crippen LogP contribution in [0, 0.1) is 11.6 Å². The van der Waals surface area contributed by atoms with Crippen LogP contribution in [0.3, 0.4) is 0 Å². The van der Waals surface area contributed by atoms with E-state index in [1.165, 1.54) is 0 Å². The summed E-state index contributed by atoms with van der Waals surface area (Å²) in [6, 6.07) is 1.10. The fourth-order valence-electron chi connectivity index (χ4n) is 1.60. The smallest absolute Gasteiger partial charge is 0.258 e. The lowest BCUT2D eigenvalue weighted by Crippen LogP contribution is -2.35. The first kappa shape index (κ1) is 15.4. The van der Waals surface area contributed by atoms with Crippen LogP contribution in [0.5, 0.6) is 5.75 Å². The van der Waals surface area contributed by atoms with Crippen LogP contribution in [0.2, 0.25) is 0 Å². The predicted molar refractivity (Wildman–Crippen MR) is 68.1 cm³/mol. The first-order valence-corrected chi connectivity index (χ1v) is 5.95. The quantitative estimate of drug-likeness (QED) is 0.858. The van der Waals surface area contributed by atoms with E-state index in [1.807, 2.05) is 19.0 Å². The Kier molecular flexibility index (Phi) is 5.23. The molecule has 4 nitrogen and oxygen atoms in total. The zero-order chi connectivity index (χ0) is 14.6. The lowest BCUT2D eigenvalue weighted by Gasteiger charge is -2.17. The van der Waals surface area contributed by atoms with Crippen LogP contribution >= 0.6 is 0 Å². The number of hydrogen-bond acceptors (Lipinski definition) is 3. The largest absolute Gasteiger partial charge is 0.507 e. The molecule has 2 N–H and O–H groups in total. The van der Waals surface area contributed by atoms with Gasteiger partial charge in [-0.3, -0.25) is 4.79 Å². The van der Waals surface area contributed by atoms with Gasteiger partial charge >= 0.3 is 0 Å². The highest BCUT2D eigenvalue weighted by molar-refractivity contribution is 5.97. The second-order valence-corrected chi connectivity index (χ2v) is 4.75. The Morgan fingerprint density at radius 3 is 2.58 bits per heavy atom. The number of benzene rings is 1. The highest BCUT2D eigenvalue weighted by Gasteiger charge is 2.19. The summed E-state index contributed by atoms with van der Waals surface area (Å²) in [7, 11) is 3.81. The SMILES string of the molecule is CC(CCN(C)C)NC(=O)c1c(O)cc(F)cc1F. The Bertz CT molecular complexity index is 441. The number of phenols is 1. The van der Waals surface area contributed by atoms with E-state index in [1.54, 1.807) is 6.92 Å². The van der Waals surface area contributed by atoms with Crippen molar-refractivity contribution in [2.75, 3.05) is 20.6 Å². The van der Waals surface area contributed by atoms with E-state index in [0.29, 0.717) is 18.6 Å². The third kappa shape index (κ3) is 4.48. The average molecular weight is 272 g/mol. The van der Waals surface area contributed by atoms with Crippen LogP contribution in [0.15, 0.2) is 12.1 Å². The van der Waals surface area contributed by atoms with Gasteiger partial charge in [0.1, 0.15) is 22.9 Å². The van der Waals surface area contributed by atoms with Crippen LogP contribution in [0.1, 0.15) is 23.7 Å². The van der Waals surface area contributed by atoms with Gasteiger partial charge in [-0.1, -0.05) is 0 Å². The third-order valence-corrected chi connectivity index (χ3v) is 2.65. The molecule has 0 spiro atoms. The summed E-state index contributed by atoms with van der Waals surface area (Å²) in [6.07, 6.45) is 0.683. The third-order valence-electron chi connectivity index (χ3n) is 2.65. The highest BCUT2D eigenvalue weighted by Crippen LogP contribution is 2.22. The number of phenolic OH excluding ortho intramolecular Hbond substituents is 1. The monoisotopic (exact) mass is 272 g/mol. The van der Waals surface area contributed by atoms with Crippen LogP contribution < -0.4 is 5.32 Å². The molecule has 6 heteroatoms. The Balaban J connectivity index is 2.73. The molecule has 0 saturated carbocycles. The second kappa shape index (κ2) is 6.47. The van der Waals surface area contributed by atoms with Crippen LogP contribution in [0.4, 0.5) is 8.78 Å². The average Bonchev–Trinajstić information content (AvgIpc) is 2.24. The number of hydrogen-bond donors (Lipinski definition) is 2. The van der Waals surface area contributed by atoms with E-state index in [2.05, 4.69) is 5.32 Å². The molecule has 0 aliphatic rings. The molecule has 0 aromatic heterocycles. The summed E-state index contributed by atoms with van der Waals surface area (Å²) in [5.41, 5.74) is -0.530. The summed E-state index contributed by atoms with van der Waals surface area (Å²) >= 11 is 0. The second-order valence-electron chi connectivity index (χ2n) is 4.75. The van der Waals surface area contributed by atoms with Crippen molar-refractivity contribution in [3.8, 4) is 5.75 Å². The minimum atomic E-state index is -1.07. The minimum Gasteiger partial charge on any atom is -0.507 e. The minimum absolute atomic E-state index is 0.182. The van der Waals surface area contributed by atoms with Gasteiger partial charge in [0.2, 0.25) is 0 Å². The molecule has 0 saturated heterocycles. The zero-order valence-corrected chi connectivity index (χ0v) is 11.2. The van der Waals surface area contributed by atoms with Crippen molar-refractivity contribution >= 4 is 5.91 Å². The molecular formula is C13H18F2N2O2. The van der Waals surface area contributed by atoms with Crippen molar-refractivity contribution in [2.24, 2.45) is 0 Å². The Labute approximate surface area is 111 Å². The molecule has 1 unspecified atom stereocenters. The van der Waals surface area contributed by atoms with Gasteiger partial charge in [0, 0.05) is 18.2 Å². The lowest BCUT2D eigenvalue weighted by molar-refractivity contribution is 0.0929. The molecule has 1 aromatic carbocycles. The number of rotatable bonds is 5. The summed E-state index contributed by atoms with van der Waals surface area (Å²) in [5, 5.41) is 12.0. The predicted octanol–water partition coefficient (Wildman–Crippen LogP) is 1.74. The molecule has 0 fully saturated rings. The van der Waals surface area contributed by atoms with E-state index >= 15 is 0 Å². The molecule has 0 aliphatic carbocycles.